The van der Waals surface area contributed by atoms with Crippen molar-refractivity contribution in [1.82, 2.24) is 20.8 Å². The van der Waals surface area contributed by atoms with Gasteiger partial charge in [-0.1, -0.05) is 42.0 Å². The van der Waals surface area contributed by atoms with Crippen LogP contribution >= 0.6 is 11.3 Å². The summed E-state index contributed by atoms with van der Waals surface area (Å²) in [5, 5.41) is 2.42. The lowest BCUT2D eigenvalue weighted by atomic mass is 10.1. The Morgan fingerprint density at radius 2 is 1.74 bits per heavy atom. The van der Waals surface area contributed by atoms with E-state index in [0.717, 1.165) is 29.3 Å². The zero-order valence-corrected chi connectivity index (χ0v) is 19.8. The largest absolute Gasteiger partial charge is 0.436 e. The first kappa shape index (κ1) is 22.8. The average Bonchev–Trinajstić information content (AvgIpc) is 3.59. The first-order valence-electron chi connectivity index (χ1n) is 11.1. The van der Waals surface area contributed by atoms with Crippen LogP contribution in [0.1, 0.15) is 26.4 Å². The van der Waals surface area contributed by atoms with Crippen molar-refractivity contribution in [3.05, 3.63) is 76.9 Å². The van der Waals surface area contributed by atoms with Crippen molar-refractivity contribution in [1.29, 1.82) is 0 Å². The number of hydrogen-bond donors (Lipinski definition) is 2. The molecule has 2 amide bonds. The summed E-state index contributed by atoms with van der Waals surface area (Å²) in [7, 11) is 0. The van der Waals surface area contributed by atoms with Gasteiger partial charge in [0, 0.05) is 29.6 Å². The van der Waals surface area contributed by atoms with Gasteiger partial charge in [0.1, 0.15) is 5.69 Å². The van der Waals surface area contributed by atoms with E-state index < -0.39 is 11.8 Å². The second-order valence-corrected chi connectivity index (χ2v) is 8.80. The molecular formula is C25H23N5O4S. The molecule has 10 heteroatoms. The van der Waals surface area contributed by atoms with Crippen LogP contribution < -0.4 is 15.8 Å². The summed E-state index contributed by atoms with van der Waals surface area (Å²) in [6.07, 6.45) is 1.63. The molecule has 3 heterocycles. The molecule has 0 radical (unpaired) electrons. The van der Waals surface area contributed by atoms with Crippen LogP contribution in [0.25, 0.3) is 22.8 Å². The van der Waals surface area contributed by atoms with Gasteiger partial charge in [0.05, 0.1) is 25.0 Å². The van der Waals surface area contributed by atoms with Gasteiger partial charge < -0.3 is 14.1 Å². The molecule has 0 saturated carbocycles. The predicted molar refractivity (Wildman–Crippen MR) is 132 cm³/mol. The second-order valence-electron chi connectivity index (χ2n) is 7.96. The lowest BCUT2D eigenvalue weighted by Gasteiger charge is -2.25. The van der Waals surface area contributed by atoms with Gasteiger partial charge in [-0.3, -0.25) is 20.4 Å². The third kappa shape index (κ3) is 5.08. The number of nitrogens with zero attached hydrogens (tertiary/aromatic N) is 3. The molecule has 2 aromatic heterocycles. The van der Waals surface area contributed by atoms with E-state index in [1.807, 2.05) is 31.2 Å². The molecule has 4 aromatic rings. The summed E-state index contributed by atoms with van der Waals surface area (Å²) >= 11 is 1.38. The minimum atomic E-state index is -0.496. The van der Waals surface area contributed by atoms with E-state index in [0.29, 0.717) is 36.0 Å². The summed E-state index contributed by atoms with van der Waals surface area (Å²) in [5.41, 5.74) is 8.01. The van der Waals surface area contributed by atoms with E-state index in [4.69, 9.17) is 9.15 Å². The molecule has 9 nitrogen and oxygen atoms in total. The highest BCUT2D eigenvalue weighted by Gasteiger charge is 2.20. The Bertz CT molecular complexity index is 1340. The lowest BCUT2D eigenvalue weighted by Crippen LogP contribution is -2.42. The molecule has 2 N–H and O–H groups in total. The zero-order chi connectivity index (χ0) is 24.2. The van der Waals surface area contributed by atoms with Crippen LogP contribution in [0.3, 0.4) is 0 Å². The van der Waals surface area contributed by atoms with E-state index in [2.05, 4.69) is 25.7 Å². The van der Waals surface area contributed by atoms with E-state index in [1.54, 1.807) is 35.8 Å². The third-order valence-corrected chi connectivity index (χ3v) is 6.44. The Hall–Kier alpha value is -4.02. The maximum Gasteiger partial charge on any atom is 0.289 e. The Morgan fingerprint density at radius 3 is 2.54 bits per heavy atom. The number of rotatable bonds is 5. The Kier molecular flexibility index (Phi) is 6.55. The van der Waals surface area contributed by atoms with Gasteiger partial charge in [0.25, 0.3) is 11.8 Å². The molecule has 1 saturated heterocycles. The number of hydrazine groups is 1. The van der Waals surface area contributed by atoms with Crippen LogP contribution in [0.15, 0.2) is 64.5 Å². The second kappa shape index (κ2) is 10.1. The number of anilines is 1. The van der Waals surface area contributed by atoms with Crippen molar-refractivity contribution in [3.63, 3.8) is 0 Å². The van der Waals surface area contributed by atoms with Crippen molar-refractivity contribution in [3.8, 4) is 22.8 Å². The van der Waals surface area contributed by atoms with E-state index in [1.165, 1.54) is 11.3 Å². The van der Waals surface area contributed by atoms with Gasteiger partial charge in [-0.25, -0.2) is 9.97 Å². The predicted octanol–water partition coefficient (Wildman–Crippen LogP) is 3.68. The number of thiazole rings is 1. The number of carbonyl (C=O) groups excluding carboxylic acids is 2. The third-order valence-electron chi connectivity index (χ3n) is 5.54. The standard InChI is InChI=1S/C25H23N5O4S/c1-16-6-8-17(9-7-16)21-14-26-24(34-21)19-5-3-2-4-18(19)22(31)28-29-23(32)20-15-35-25(27-20)30-10-12-33-13-11-30/h2-9,14-15H,10-13H2,1H3,(H,28,31)(H,29,32). The molecule has 178 valence electrons. The molecule has 2 aromatic carbocycles. The number of oxazole rings is 1. The summed E-state index contributed by atoms with van der Waals surface area (Å²) in [5.74, 6) is -0.0764. The van der Waals surface area contributed by atoms with Gasteiger partial charge in [0.2, 0.25) is 5.89 Å². The molecule has 1 aliphatic heterocycles. The number of carbonyl (C=O) groups is 2. The van der Waals surface area contributed by atoms with Crippen molar-refractivity contribution < 1.29 is 18.7 Å². The minimum Gasteiger partial charge on any atom is -0.436 e. The summed E-state index contributed by atoms with van der Waals surface area (Å²) < 4.78 is 11.3. The normalized spacial score (nSPS) is 13.5. The fourth-order valence-electron chi connectivity index (χ4n) is 3.63. The number of ether oxygens (including phenoxy) is 1. The Morgan fingerprint density at radius 1 is 1.00 bits per heavy atom. The molecule has 1 aliphatic rings. The van der Waals surface area contributed by atoms with Crippen molar-refractivity contribution >= 4 is 28.3 Å². The zero-order valence-electron chi connectivity index (χ0n) is 19.0. The summed E-state index contributed by atoms with van der Waals surface area (Å²) in [6.45, 7) is 4.74. The first-order chi connectivity index (χ1) is 17.1. The molecule has 1 fully saturated rings. The Labute approximate surface area is 205 Å². The number of benzene rings is 2. The molecule has 0 unspecified atom stereocenters. The summed E-state index contributed by atoms with van der Waals surface area (Å²) in [6, 6.07) is 14.8. The van der Waals surface area contributed by atoms with E-state index in [-0.39, 0.29) is 5.69 Å². The minimum absolute atomic E-state index is 0.237. The van der Waals surface area contributed by atoms with Crippen molar-refractivity contribution in [2.24, 2.45) is 0 Å². The first-order valence-corrected chi connectivity index (χ1v) is 12.0. The fourth-order valence-corrected chi connectivity index (χ4v) is 4.49. The van der Waals surface area contributed by atoms with E-state index in [9.17, 15) is 9.59 Å². The van der Waals surface area contributed by atoms with Gasteiger partial charge in [-0.15, -0.1) is 11.3 Å². The molecule has 35 heavy (non-hydrogen) atoms. The average molecular weight is 490 g/mol. The van der Waals surface area contributed by atoms with Crippen LogP contribution in [0.5, 0.6) is 0 Å². The Balaban J connectivity index is 1.27. The van der Waals surface area contributed by atoms with Crippen LogP contribution in [0.2, 0.25) is 0 Å². The number of nitrogens with one attached hydrogen (secondary N) is 2. The number of aromatic nitrogens is 2. The fraction of sp³-hybridized carbons (Fsp3) is 0.200. The number of hydrogen-bond acceptors (Lipinski definition) is 8. The van der Waals surface area contributed by atoms with Gasteiger partial charge in [-0.2, -0.15) is 0 Å². The molecular weight excluding hydrogens is 466 g/mol. The SMILES string of the molecule is Cc1ccc(-c2cnc(-c3ccccc3C(=O)NNC(=O)c3csc(N4CCOCC4)n3)o2)cc1. The lowest BCUT2D eigenvalue weighted by molar-refractivity contribution is 0.0844. The highest BCUT2D eigenvalue weighted by atomic mass is 32.1. The number of morpholine rings is 1. The van der Waals surface area contributed by atoms with Crippen molar-refractivity contribution in [2.45, 2.75) is 6.92 Å². The van der Waals surface area contributed by atoms with Gasteiger partial charge >= 0.3 is 0 Å². The molecule has 0 bridgehead atoms. The molecule has 5 rings (SSSR count). The smallest absolute Gasteiger partial charge is 0.289 e. The highest BCUT2D eigenvalue weighted by molar-refractivity contribution is 7.13. The van der Waals surface area contributed by atoms with Crippen LogP contribution in [-0.2, 0) is 4.74 Å². The van der Waals surface area contributed by atoms with Gasteiger partial charge in [-0.05, 0) is 19.1 Å². The monoisotopic (exact) mass is 489 g/mol. The van der Waals surface area contributed by atoms with Gasteiger partial charge in [0.15, 0.2) is 10.9 Å². The topological polar surface area (TPSA) is 110 Å². The summed E-state index contributed by atoms with van der Waals surface area (Å²) in [4.78, 5) is 36.3. The van der Waals surface area contributed by atoms with Crippen molar-refractivity contribution in [2.75, 3.05) is 31.2 Å². The number of aryl methyl sites for hydroxylation is 1. The quantitative estimate of drug-likeness (QED) is 0.412. The number of amides is 2. The molecule has 0 atom stereocenters. The van der Waals surface area contributed by atoms with E-state index >= 15 is 0 Å². The maximum atomic E-state index is 12.9. The molecule has 0 aliphatic carbocycles. The van der Waals surface area contributed by atoms with Crippen LogP contribution in [-0.4, -0.2) is 48.1 Å². The maximum absolute atomic E-state index is 12.9. The van der Waals surface area contributed by atoms with Crippen LogP contribution in [0.4, 0.5) is 5.13 Å². The molecule has 0 spiro atoms. The highest BCUT2D eigenvalue weighted by Crippen LogP contribution is 2.28. The van der Waals surface area contributed by atoms with Crippen LogP contribution in [0, 0.1) is 6.92 Å².